The smallest absolute Gasteiger partial charge is 0.780 e. The number of carbonyl (C=O) groups is 5. The van der Waals surface area contributed by atoms with Crippen LogP contribution >= 0.6 is 13.4 Å². The minimum Gasteiger partial charge on any atom is -0.780 e. The van der Waals surface area contributed by atoms with Crippen molar-refractivity contribution in [3.63, 3.8) is 0 Å². The molecule has 19 nitrogen and oxygen atoms in total. The predicted molar refractivity (Wildman–Crippen MR) is 441 cm³/mol. The zero-order valence-electron chi connectivity index (χ0n) is 70.7. The molecule has 0 aromatic heterocycles. The number of nitrogens with one attached hydrogen (secondary N) is 4. The van der Waals surface area contributed by atoms with Gasteiger partial charge in [-0.05, 0) is 51.4 Å². The summed E-state index contributed by atoms with van der Waals surface area (Å²) in [5, 5.41) is 11.2. The predicted octanol–water partition coefficient (Wildman–Crippen LogP) is 15.1. The first-order valence-corrected chi connectivity index (χ1v) is 49.0. The molecule has 108 heavy (non-hydrogen) atoms. The summed E-state index contributed by atoms with van der Waals surface area (Å²) in [6, 6.07) is -2.02. The second-order valence-electron chi connectivity index (χ2n) is 29.9. The van der Waals surface area contributed by atoms with Gasteiger partial charge in [0.2, 0.25) is 11.8 Å². The Hall–Kier alpha value is 0.130. The van der Waals surface area contributed by atoms with E-state index < -0.39 is 31.6 Å². The van der Waals surface area contributed by atoms with Gasteiger partial charge in [-0.25, -0.2) is 4.79 Å². The largest absolute Gasteiger partial charge is 1.00 e. The molecule has 0 radical (unpaired) electrons. The van der Waals surface area contributed by atoms with Crippen molar-refractivity contribution >= 4 is 66.8 Å². The first-order valence-electron chi connectivity index (χ1n) is 43.9. The van der Waals surface area contributed by atoms with E-state index in [1.54, 1.807) is 0 Å². The Morgan fingerprint density at radius 3 is 0.815 bits per heavy atom. The Balaban J connectivity index is -0.0000551. The Bertz CT molecular complexity index is 1990. The zero-order valence-corrected chi connectivity index (χ0v) is 78.1. The Labute approximate surface area is 716 Å². The van der Waals surface area contributed by atoms with Gasteiger partial charge in [-0.2, -0.15) is 0 Å². The van der Waals surface area contributed by atoms with Gasteiger partial charge in [-0.1, -0.05) is 348 Å². The number of carbonyl (C=O) groups excluding carboxylic acids is 5. The summed E-state index contributed by atoms with van der Waals surface area (Å²) < 4.78 is 46.6. The normalized spacial score (nSPS) is 13.6. The molecule has 4 amide bonds. The van der Waals surface area contributed by atoms with E-state index in [4.69, 9.17) is 60.7 Å². The molecule has 0 aromatic carbocycles. The molecule has 0 fully saturated rings. The molecular formula is C83H162N4Na2O15P2S2. The van der Waals surface area contributed by atoms with E-state index in [1.807, 2.05) is 0 Å². The molecule has 0 bridgehead atoms. The molecule has 0 rings (SSSR count). The second-order valence-corrected chi connectivity index (χ2v) is 35.5. The van der Waals surface area contributed by atoms with Crippen molar-refractivity contribution in [3.8, 4) is 0 Å². The van der Waals surface area contributed by atoms with Crippen molar-refractivity contribution in [1.29, 1.82) is 0 Å². The first-order chi connectivity index (χ1) is 51.5. The molecule has 0 aromatic rings. The summed E-state index contributed by atoms with van der Waals surface area (Å²) in [4.78, 5) is 92.5. The van der Waals surface area contributed by atoms with E-state index in [0.29, 0.717) is 38.5 Å². The average molecular weight is 1630 g/mol. The molecular weight excluding hydrogens is 1460 g/mol. The summed E-state index contributed by atoms with van der Waals surface area (Å²) in [6.45, 7) is 4.55. The molecule has 0 saturated carbocycles. The van der Waals surface area contributed by atoms with Crippen molar-refractivity contribution < 1.29 is 130 Å². The van der Waals surface area contributed by atoms with Crippen LogP contribution in [0.1, 0.15) is 414 Å². The number of amides is 4. The van der Waals surface area contributed by atoms with E-state index in [2.05, 4.69) is 62.8 Å². The fraction of sp³-hybridized carbons (Fsp3) is 0.940. The second kappa shape index (κ2) is 85.0. The molecule has 6 atom stereocenters. The van der Waals surface area contributed by atoms with Crippen molar-refractivity contribution in [2.24, 2.45) is 0 Å². The van der Waals surface area contributed by atoms with Crippen LogP contribution in [0, 0.1) is 0 Å². The van der Waals surface area contributed by atoms with E-state index in [1.165, 1.54) is 180 Å². The van der Waals surface area contributed by atoms with Crippen LogP contribution in [0.5, 0.6) is 0 Å². The molecule has 0 spiro atoms. The molecule has 0 aliphatic carbocycles. The summed E-state index contributed by atoms with van der Waals surface area (Å²) in [5.41, 5.74) is 0. The Morgan fingerprint density at radius 2 is 0.546 bits per heavy atom. The molecule has 0 heterocycles. The molecule has 25 heteroatoms. The number of hydrogen-bond donors (Lipinski definition) is 4. The van der Waals surface area contributed by atoms with Crippen LogP contribution in [0.25, 0.3) is 0 Å². The fourth-order valence-corrected chi connectivity index (χ4v) is 15.2. The van der Waals surface area contributed by atoms with Gasteiger partial charge in [0.05, 0.1) is 64.9 Å². The van der Waals surface area contributed by atoms with Gasteiger partial charge < -0.3 is 68.1 Å². The summed E-state index contributed by atoms with van der Waals surface area (Å²) in [7, 11) is 0. The number of rotatable bonds is 84. The topological polar surface area (TPSA) is 253 Å². The van der Waals surface area contributed by atoms with Gasteiger partial charge in [0.25, 0.3) is 0 Å². The van der Waals surface area contributed by atoms with Crippen LogP contribution in [0.4, 0.5) is 4.79 Å². The Morgan fingerprint density at radius 1 is 0.306 bits per heavy atom. The standard InChI is InChI=1S/C83H164N4O15P2S2.2Na/c1-7-13-19-25-29-33-35-39-41-47-53-59-79(88)86-75(71-95-67-63-77(57-51-45-23-17-11-5)101-81(90)61-55-49-43-37-31-27-21-15-9-3)73-99-103(93,105)97-69-65-84-83(92)85-66-70-98-104(94,106)100-74-76(87-80(89)60-54-48-42-40-36-34-30-26-20-14-8-2)72-96-68-64-78(58-52-46-24-18-12-6)102-82(91)62-56-50-44-38-32-28-22-16-10-4;;/h75-78H,7-74H2,1-6H3,(H,86,88)(H,87,89)(H,93,105)(H,94,106)(H2,84,85,92);;/q;2*+1/p-2/t75-,76-,77-,78-,103?,104?;;/m1../s1. The van der Waals surface area contributed by atoms with Gasteiger partial charge in [0.1, 0.15) is 25.6 Å². The number of urea groups is 1. The minimum atomic E-state index is -4.10. The number of esters is 2. The van der Waals surface area contributed by atoms with Crippen molar-refractivity contribution in [1.82, 2.24) is 21.3 Å². The zero-order chi connectivity index (χ0) is 77.8. The minimum absolute atomic E-state index is 0. The van der Waals surface area contributed by atoms with E-state index in [9.17, 15) is 33.8 Å². The average Bonchev–Trinajstić information content (AvgIpc) is 0.915. The maximum Gasteiger partial charge on any atom is 1.00 e. The van der Waals surface area contributed by atoms with Gasteiger partial charge in [0, 0.05) is 51.6 Å². The van der Waals surface area contributed by atoms with Gasteiger partial charge in [-0.15, -0.1) is 0 Å². The number of unbranched alkanes of at least 4 members (excludes halogenated alkanes) is 44. The van der Waals surface area contributed by atoms with Crippen molar-refractivity contribution in [2.45, 2.75) is 438 Å². The van der Waals surface area contributed by atoms with Crippen LogP contribution in [0.2, 0.25) is 0 Å². The van der Waals surface area contributed by atoms with Gasteiger partial charge in [0.15, 0.2) is 0 Å². The van der Waals surface area contributed by atoms with Crippen LogP contribution in [-0.2, 0) is 79.8 Å². The third-order valence-electron chi connectivity index (χ3n) is 19.5. The van der Waals surface area contributed by atoms with E-state index >= 15 is 0 Å². The molecule has 2 unspecified atom stereocenters. The third kappa shape index (κ3) is 81.3. The maximum atomic E-state index is 13.4. The van der Waals surface area contributed by atoms with Crippen LogP contribution in [0.15, 0.2) is 0 Å². The molecule has 628 valence electrons. The van der Waals surface area contributed by atoms with Crippen molar-refractivity contribution in [2.75, 3.05) is 65.9 Å². The van der Waals surface area contributed by atoms with Gasteiger partial charge in [-0.3, -0.25) is 19.2 Å². The monoisotopic (exact) mass is 1630 g/mol. The fourth-order valence-electron chi connectivity index (χ4n) is 12.9. The van der Waals surface area contributed by atoms with Crippen molar-refractivity contribution in [3.05, 3.63) is 0 Å². The summed E-state index contributed by atoms with van der Waals surface area (Å²) in [6.07, 6.45) is 61.0. The Kier molecular flexibility index (Phi) is 88.4. The third-order valence-corrected chi connectivity index (χ3v) is 22.7. The number of ether oxygens (including phenoxy) is 4. The maximum absolute atomic E-state index is 13.4. The van der Waals surface area contributed by atoms with Gasteiger partial charge >= 0.3 is 77.1 Å². The quantitative estimate of drug-likeness (QED) is 0.0191. The van der Waals surface area contributed by atoms with E-state index in [0.717, 1.165) is 154 Å². The first kappa shape index (κ1) is 112. The van der Waals surface area contributed by atoms with E-state index in [-0.39, 0.29) is 161 Å². The van der Waals surface area contributed by atoms with Crippen LogP contribution in [-0.4, -0.2) is 120 Å². The molecule has 4 N–H and O–H groups in total. The summed E-state index contributed by atoms with van der Waals surface area (Å²) in [5.74, 6) is -0.693. The molecule has 0 aliphatic rings. The SMILES string of the molecule is CCCCCCCCCCCCCC(=O)N[C@H](COCC[C@@H](CCCCCCC)OC(=O)CCCCCCCCCCC)COP([O-])(=S)OCCNC(=O)NCCOP([O-])(=S)OC[C@@H](COCC[C@@H](CCCCCCC)OC(=O)CCCCCCCCCCC)NC(=O)CCCCCCCCCCCCC.[Na+].[Na+]. The summed E-state index contributed by atoms with van der Waals surface area (Å²) >= 11 is 10.5. The van der Waals surface area contributed by atoms with Crippen LogP contribution in [0.3, 0.4) is 0 Å². The van der Waals surface area contributed by atoms with Crippen LogP contribution < -0.4 is 90.2 Å². The number of hydrogen-bond acceptors (Lipinski definition) is 17. The molecule has 0 aliphatic heterocycles. The molecule has 0 saturated heterocycles.